The van der Waals surface area contributed by atoms with Crippen LogP contribution in [0.4, 0.5) is 0 Å². The molecule has 1 saturated heterocycles. The molecule has 0 saturated carbocycles. The minimum Gasteiger partial charge on any atom is -0.506 e. The first-order chi connectivity index (χ1) is 9.11. The second kappa shape index (κ2) is 6.46. The van der Waals surface area contributed by atoms with E-state index in [0.717, 1.165) is 19.6 Å². The lowest BCUT2D eigenvalue weighted by atomic mass is 10.1. The van der Waals surface area contributed by atoms with Gasteiger partial charge in [-0.25, -0.2) is 0 Å². The minimum absolute atomic E-state index is 0.00912. The number of carbonyl (C=O) groups is 1. The van der Waals surface area contributed by atoms with E-state index in [1.165, 1.54) is 12.1 Å². The predicted molar refractivity (Wildman–Crippen MR) is 76.2 cm³/mol. The molecule has 19 heavy (non-hydrogen) atoms. The van der Waals surface area contributed by atoms with Gasteiger partial charge in [0.25, 0.3) is 5.91 Å². The lowest BCUT2D eigenvalue weighted by Crippen LogP contribution is -2.49. The lowest BCUT2D eigenvalue weighted by Gasteiger charge is -2.34. The molecule has 1 aliphatic rings. The molecule has 0 aromatic heterocycles. The van der Waals surface area contributed by atoms with Crippen molar-refractivity contribution < 1.29 is 9.90 Å². The zero-order valence-electron chi connectivity index (χ0n) is 10.5. The average Bonchev–Trinajstić information content (AvgIpc) is 2.42. The molecule has 0 bridgehead atoms. The Bertz CT molecular complexity index is 460. The van der Waals surface area contributed by atoms with Gasteiger partial charge in [0.15, 0.2) is 0 Å². The Balaban J connectivity index is 1.99. The lowest BCUT2D eigenvalue weighted by molar-refractivity contribution is 0.0644. The number of amides is 1. The first kappa shape index (κ1) is 14.4. The highest BCUT2D eigenvalue weighted by Gasteiger charge is 2.22. The van der Waals surface area contributed by atoms with Crippen molar-refractivity contribution in [3.63, 3.8) is 0 Å². The molecule has 4 nitrogen and oxygen atoms in total. The summed E-state index contributed by atoms with van der Waals surface area (Å²) in [5.41, 5.74) is 0.508. The fourth-order valence-corrected chi connectivity index (χ4v) is 2.54. The number of hydrogen-bond donors (Lipinski definition) is 1. The molecule has 0 radical (unpaired) electrons. The van der Waals surface area contributed by atoms with Crippen molar-refractivity contribution in [1.82, 2.24) is 9.80 Å². The number of hydrogen-bond acceptors (Lipinski definition) is 3. The van der Waals surface area contributed by atoms with Crippen molar-refractivity contribution in [2.45, 2.75) is 0 Å². The number of phenolic OH excluding ortho intramolecular Hbond substituents is 1. The maximum atomic E-state index is 12.3. The van der Waals surface area contributed by atoms with Gasteiger partial charge in [-0.1, -0.05) is 11.6 Å². The van der Waals surface area contributed by atoms with E-state index in [0.29, 0.717) is 24.5 Å². The standard InChI is InChI=1S/C13H16Cl2N2O2/c14-3-4-16-5-7-17(8-6-16)13(19)10-1-2-12(18)11(15)9-10/h1-2,9,18H,3-8H2. The Morgan fingerprint density at radius 3 is 2.53 bits per heavy atom. The van der Waals surface area contributed by atoms with Crippen molar-refractivity contribution in [1.29, 1.82) is 0 Å². The second-order valence-corrected chi connectivity index (χ2v) is 5.27. The Hall–Kier alpha value is -0.970. The van der Waals surface area contributed by atoms with Crippen molar-refractivity contribution in [3.8, 4) is 5.75 Å². The van der Waals surface area contributed by atoms with E-state index in [4.69, 9.17) is 23.2 Å². The van der Waals surface area contributed by atoms with Gasteiger partial charge in [0, 0.05) is 44.2 Å². The molecule has 6 heteroatoms. The highest BCUT2D eigenvalue weighted by Crippen LogP contribution is 2.24. The predicted octanol–water partition coefficient (Wildman–Crippen LogP) is 2.04. The zero-order valence-corrected chi connectivity index (χ0v) is 12.0. The number of halogens is 2. The molecule has 1 amide bonds. The molecule has 0 aliphatic carbocycles. The largest absolute Gasteiger partial charge is 0.506 e. The van der Waals surface area contributed by atoms with E-state index in [1.54, 1.807) is 11.0 Å². The highest BCUT2D eigenvalue weighted by atomic mass is 35.5. The summed E-state index contributed by atoms with van der Waals surface area (Å²) in [7, 11) is 0. The Kier molecular flexibility index (Phi) is 4.91. The van der Waals surface area contributed by atoms with Crippen LogP contribution in [-0.4, -0.2) is 59.4 Å². The van der Waals surface area contributed by atoms with Gasteiger partial charge in [0.2, 0.25) is 0 Å². The van der Waals surface area contributed by atoms with E-state index in [-0.39, 0.29) is 16.7 Å². The molecule has 0 unspecified atom stereocenters. The van der Waals surface area contributed by atoms with Crippen LogP contribution in [0.5, 0.6) is 5.75 Å². The average molecular weight is 303 g/mol. The van der Waals surface area contributed by atoms with E-state index in [2.05, 4.69) is 4.90 Å². The SMILES string of the molecule is O=C(c1ccc(O)c(Cl)c1)N1CCN(CCCl)CC1. The molecule has 1 fully saturated rings. The Morgan fingerprint density at radius 1 is 1.26 bits per heavy atom. The molecular formula is C13H16Cl2N2O2. The van der Waals surface area contributed by atoms with Gasteiger partial charge in [0.05, 0.1) is 5.02 Å². The van der Waals surface area contributed by atoms with Gasteiger partial charge in [-0.15, -0.1) is 11.6 Å². The van der Waals surface area contributed by atoms with Gasteiger partial charge < -0.3 is 10.0 Å². The monoisotopic (exact) mass is 302 g/mol. The van der Waals surface area contributed by atoms with Crippen LogP contribution in [0, 0.1) is 0 Å². The number of nitrogens with zero attached hydrogens (tertiary/aromatic N) is 2. The van der Waals surface area contributed by atoms with Crippen molar-refractivity contribution in [3.05, 3.63) is 28.8 Å². The van der Waals surface area contributed by atoms with E-state index in [9.17, 15) is 9.90 Å². The van der Waals surface area contributed by atoms with Crippen molar-refractivity contribution in [2.75, 3.05) is 38.6 Å². The summed E-state index contributed by atoms with van der Waals surface area (Å²) in [4.78, 5) is 16.3. The summed E-state index contributed by atoms with van der Waals surface area (Å²) < 4.78 is 0. The third kappa shape index (κ3) is 3.53. The number of benzene rings is 1. The van der Waals surface area contributed by atoms with Gasteiger partial charge in [-0.2, -0.15) is 0 Å². The zero-order chi connectivity index (χ0) is 13.8. The van der Waals surface area contributed by atoms with Gasteiger partial charge in [0.1, 0.15) is 5.75 Å². The van der Waals surface area contributed by atoms with Crippen LogP contribution < -0.4 is 0 Å². The first-order valence-electron chi connectivity index (χ1n) is 6.18. The fourth-order valence-electron chi connectivity index (χ4n) is 2.12. The van der Waals surface area contributed by atoms with E-state index in [1.807, 2.05) is 0 Å². The molecular weight excluding hydrogens is 287 g/mol. The molecule has 1 aromatic rings. The maximum Gasteiger partial charge on any atom is 0.253 e. The van der Waals surface area contributed by atoms with Crippen LogP contribution in [0.25, 0.3) is 0 Å². The molecule has 1 heterocycles. The van der Waals surface area contributed by atoms with Crippen LogP contribution in [0.2, 0.25) is 5.02 Å². The molecule has 1 N–H and O–H groups in total. The fraction of sp³-hybridized carbons (Fsp3) is 0.462. The van der Waals surface area contributed by atoms with Crippen molar-refractivity contribution in [2.24, 2.45) is 0 Å². The molecule has 2 rings (SSSR count). The van der Waals surface area contributed by atoms with Crippen LogP contribution in [0.3, 0.4) is 0 Å². The number of alkyl halides is 1. The summed E-state index contributed by atoms with van der Waals surface area (Å²) in [5, 5.41) is 9.55. The topological polar surface area (TPSA) is 43.8 Å². The third-order valence-corrected chi connectivity index (χ3v) is 3.73. The maximum absolute atomic E-state index is 12.3. The van der Waals surface area contributed by atoms with Crippen LogP contribution in [0.15, 0.2) is 18.2 Å². The Morgan fingerprint density at radius 2 is 1.95 bits per heavy atom. The summed E-state index contributed by atoms with van der Waals surface area (Å²) >= 11 is 11.5. The number of carbonyl (C=O) groups excluding carboxylic acids is 1. The van der Waals surface area contributed by atoms with Gasteiger partial charge >= 0.3 is 0 Å². The highest BCUT2D eigenvalue weighted by molar-refractivity contribution is 6.32. The van der Waals surface area contributed by atoms with Crippen LogP contribution in [-0.2, 0) is 0 Å². The van der Waals surface area contributed by atoms with E-state index >= 15 is 0 Å². The Labute approximate surface area is 122 Å². The van der Waals surface area contributed by atoms with Crippen LogP contribution >= 0.6 is 23.2 Å². The van der Waals surface area contributed by atoms with Crippen molar-refractivity contribution >= 4 is 29.1 Å². The molecule has 1 aliphatic heterocycles. The number of piperazine rings is 1. The van der Waals surface area contributed by atoms with Crippen LogP contribution in [0.1, 0.15) is 10.4 Å². The molecule has 104 valence electrons. The number of phenols is 1. The van der Waals surface area contributed by atoms with Gasteiger partial charge in [-0.3, -0.25) is 9.69 Å². The number of aromatic hydroxyl groups is 1. The molecule has 0 spiro atoms. The summed E-state index contributed by atoms with van der Waals surface area (Å²) in [6.07, 6.45) is 0. The minimum atomic E-state index is -0.0487. The summed E-state index contributed by atoms with van der Waals surface area (Å²) in [5.74, 6) is 0.555. The smallest absolute Gasteiger partial charge is 0.253 e. The summed E-state index contributed by atoms with van der Waals surface area (Å²) in [6.45, 7) is 3.91. The van der Waals surface area contributed by atoms with Gasteiger partial charge in [-0.05, 0) is 18.2 Å². The summed E-state index contributed by atoms with van der Waals surface area (Å²) in [6, 6.07) is 4.54. The molecule has 1 aromatic carbocycles. The normalized spacial score (nSPS) is 16.6. The first-order valence-corrected chi connectivity index (χ1v) is 7.09. The second-order valence-electron chi connectivity index (χ2n) is 4.49. The quantitative estimate of drug-likeness (QED) is 0.869. The number of rotatable bonds is 3. The molecule has 0 atom stereocenters. The third-order valence-electron chi connectivity index (χ3n) is 3.25. The van der Waals surface area contributed by atoms with E-state index < -0.39 is 0 Å².